The van der Waals surface area contributed by atoms with Crippen molar-refractivity contribution in [3.8, 4) is 0 Å². The molecule has 0 unspecified atom stereocenters. The Hall–Kier alpha value is -0.910. The van der Waals surface area contributed by atoms with Crippen molar-refractivity contribution in [1.29, 1.82) is 0 Å². The number of benzene rings is 1. The van der Waals surface area contributed by atoms with Crippen LogP contribution in [0.4, 0.5) is 0 Å². The van der Waals surface area contributed by atoms with Crippen LogP contribution in [0.25, 0.3) is 0 Å². The van der Waals surface area contributed by atoms with E-state index < -0.39 is 10.0 Å². The van der Waals surface area contributed by atoms with E-state index in [0.717, 1.165) is 50.0 Å². The number of ether oxygens (including phenoxy) is 1. The molecule has 2 aliphatic rings. The van der Waals surface area contributed by atoms with Crippen LogP contribution in [0.1, 0.15) is 38.2 Å². The van der Waals surface area contributed by atoms with Gasteiger partial charge in [0, 0.05) is 32.8 Å². The van der Waals surface area contributed by atoms with Crippen LogP contribution in [-0.2, 0) is 21.3 Å². The molecule has 0 amide bonds. The molecule has 0 aliphatic heterocycles. The molecule has 9 heteroatoms. The lowest BCUT2D eigenvalue weighted by Crippen LogP contribution is -2.40. The van der Waals surface area contributed by atoms with Crippen molar-refractivity contribution in [2.75, 3.05) is 33.4 Å². The van der Waals surface area contributed by atoms with E-state index in [1.54, 1.807) is 12.1 Å². The molecule has 1 aromatic rings. The van der Waals surface area contributed by atoms with Crippen molar-refractivity contribution in [1.82, 2.24) is 14.9 Å². The molecule has 2 saturated carbocycles. The minimum atomic E-state index is -3.40. The van der Waals surface area contributed by atoms with Crippen LogP contribution in [0.3, 0.4) is 0 Å². The molecular formula is C20H33IN4O3S. The Kier molecular flexibility index (Phi) is 9.64. The molecule has 164 valence electrons. The first-order valence-corrected chi connectivity index (χ1v) is 11.6. The van der Waals surface area contributed by atoms with E-state index in [4.69, 9.17) is 4.74 Å². The number of nitrogens with one attached hydrogen (secondary N) is 2. The molecule has 2 fully saturated rings. The van der Waals surface area contributed by atoms with Gasteiger partial charge in [0.25, 0.3) is 0 Å². The smallest absolute Gasteiger partial charge is 0.240 e. The van der Waals surface area contributed by atoms with E-state index in [1.807, 2.05) is 26.1 Å². The fraction of sp³-hybridized carbons (Fsp3) is 0.650. The SMILES string of the molecule is CCNC(=NCc1ccc(S(=O)(=O)NC2CC2)cc1)N(C)CCOCC1CC1.I. The second-order valence-electron chi connectivity index (χ2n) is 7.65. The summed E-state index contributed by atoms with van der Waals surface area (Å²) in [7, 11) is -1.40. The van der Waals surface area contributed by atoms with E-state index in [2.05, 4.69) is 19.9 Å². The third-order valence-corrected chi connectivity index (χ3v) is 6.40. The van der Waals surface area contributed by atoms with Gasteiger partial charge in [-0.1, -0.05) is 12.1 Å². The van der Waals surface area contributed by atoms with Crippen LogP contribution in [0.2, 0.25) is 0 Å². The van der Waals surface area contributed by atoms with Gasteiger partial charge in [-0.25, -0.2) is 18.1 Å². The van der Waals surface area contributed by atoms with Gasteiger partial charge in [0.1, 0.15) is 0 Å². The van der Waals surface area contributed by atoms with Crippen molar-refractivity contribution in [3.63, 3.8) is 0 Å². The molecule has 7 nitrogen and oxygen atoms in total. The zero-order chi connectivity index (χ0) is 20.0. The Balaban J connectivity index is 0.00000300. The number of halogens is 1. The topological polar surface area (TPSA) is 83.0 Å². The minimum absolute atomic E-state index is 0. The van der Waals surface area contributed by atoms with Gasteiger partial charge in [-0.2, -0.15) is 0 Å². The molecular weight excluding hydrogens is 503 g/mol. The van der Waals surface area contributed by atoms with Crippen LogP contribution in [0, 0.1) is 5.92 Å². The van der Waals surface area contributed by atoms with Gasteiger partial charge in [0.05, 0.1) is 18.0 Å². The Morgan fingerprint density at radius 2 is 1.90 bits per heavy atom. The zero-order valence-corrected chi connectivity index (χ0v) is 20.4. The first-order chi connectivity index (χ1) is 13.5. The van der Waals surface area contributed by atoms with Crippen molar-refractivity contribution in [2.45, 2.75) is 50.1 Å². The third-order valence-electron chi connectivity index (χ3n) is 4.86. The predicted molar refractivity (Wildman–Crippen MR) is 126 cm³/mol. The maximum atomic E-state index is 12.2. The summed E-state index contributed by atoms with van der Waals surface area (Å²) < 4.78 is 32.9. The summed E-state index contributed by atoms with van der Waals surface area (Å²) in [6.45, 7) is 5.66. The molecule has 0 bridgehead atoms. The molecule has 1 aromatic carbocycles. The molecule has 2 N–H and O–H groups in total. The molecule has 0 radical (unpaired) electrons. The van der Waals surface area contributed by atoms with Crippen LogP contribution >= 0.6 is 24.0 Å². The summed E-state index contributed by atoms with van der Waals surface area (Å²) in [6, 6.07) is 7.07. The van der Waals surface area contributed by atoms with Crippen molar-refractivity contribution >= 4 is 40.0 Å². The average molecular weight is 536 g/mol. The summed E-state index contributed by atoms with van der Waals surface area (Å²) >= 11 is 0. The van der Waals surface area contributed by atoms with Gasteiger partial charge in [-0.15, -0.1) is 24.0 Å². The molecule has 0 saturated heterocycles. The normalized spacial score (nSPS) is 17.0. The summed E-state index contributed by atoms with van der Waals surface area (Å²) in [6.07, 6.45) is 4.46. The highest BCUT2D eigenvalue weighted by Gasteiger charge is 2.27. The highest BCUT2D eigenvalue weighted by molar-refractivity contribution is 14.0. The van der Waals surface area contributed by atoms with Crippen molar-refractivity contribution in [2.24, 2.45) is 10.9 Å². The van der Waals surface area contributed by atoms with E-state index in [0.29, 0.717) is 18.0 Å². The maximum absolute atomic E-state index is 12.2. The highest BCUT2D eigenvalue weighted by Crippen LogP contribution is 2.28. The number of nitrogens with zero attached hydrogens (tertiary/aromatic N) is 2. The Bertz CT molecular complexity index is 762. The fourth-order valence-electron chi connectivity index (χ4n) is 2.74. The van der Waals surface area contributed by atoms with Gasteiger partial charge < -0.3 is 15.0 Å². The molecule has 29 heavy (non-hydrogen) atoms. The Morgan fingerprint density at radius 3 is 2.48 bits per heavy atom. The largest absolute Gasteiger partial charge is 0.379 e. The number of hydrogen-bond donors (Lipinski definition) is 2. The van der Waals surface area contributed by atoms with E-state index in [-0.39, 0.29) is 30.0 Å². The number of likely N-dealkylation sites (N-methyl/N-ethyl adjacent to an activating group) is 1. The van der Waals surface area contributed by atoms with Gasteiger partial charge in [0.2, 0.25) is 10.0 Å². The standard InChI is InChI=1S/C20H32N4O3S.HI/c1-3-21-20(24(2)12-13-27-15-17-4-5-17)22-14-16-6-10-19(11-7-16)28(25,26)23-18-8-9-18;/h6-7,10-11,17-18,23H,3-5,8-9,12-15H2,1-2H3,(H,21,22);1H. The quantitative estimate of drug-likeness (QED) is 0.197. The second kappa shape index (κ2) is 11.5. The van der Waals surface area contributed by atoms with Gasteiger partial charge in [-0.05, 0) is 56.2 Å². The number of rotatable bonds is 11. The lowest BCUT2D eigenvalue weighted by atomic mass is 10.2. The number of hydrogen-bond acceptors (Lipinski definition) is 4. The number of sulfonamides is 1. The summed E-state index contributed by atoms with van der Waals surface area (Å²) in [5.74, 6) is 1.60. The molecule has 0 atom stereocenters. The third kappa shape index (κ3) is 8.39. The van der Waals surface area contributed by atoms with Gasteiger partial charge in [-0.3, -0.25) is 0 Å². The molecule has 0 heterocycles. The Labute approximate surface area is 191 Å². The molecule has 0 spiro atoms. The van der Waals surface area contributed by atoms with E-state index in [9.17, 15) is 8.42 Å². The monoisotopic (exact) mass is 536 g/mol. The van der Waals surface area contributed by atoms with E-state index >= 15 is 0 Å². The molecule has 0 aromatic heterocycles. The average Bonchev–Trinajstić information content (AvgIpc) is 3.58. The maximum Gasteiger partial charge on any atom is 0.240 e. The first kappa shape index (κ1) is 24.4. The number of aliphatic imine (C=N–C) groups is 1. The highest BCUT2D eigenvalue weighted by atomic mass is 127. The Morgan fingerprint density at radius 1 is 1.21 bits per heavy atom. The number of guanidine groups is 1. The summed E-state index contributed by atoms with van der Waals surface area (Å²) in [5, 5.41) is 3.29. The van der Waals surface area contributed by atoms with Gasteiger partial charge >= 0.3 is 0 Å². The lowest BCUT2D eigenvalue weighted by molar-refractivity contribution is 0.115. The zero-order valence-electron chi connectivity index (χ0n) is 17.3. The minimum Gasteiger partial charge on any atom is -0.379 e. The van der Waals surface area contributed by atoms with Gasteiger partial charge in [0.15, 0.2) is 5.96 Å². The van der Waals surface area contributed by atoms with Crippen LogP contribution in [0.15, 0.2) is 34.2 Å². The van der Waals surface area contributed by atoms with Crippen LogP contribution in [0.5, 0.6) is 0 Å². The van der Waals surface area contributed by atoms with Crippen molar-refractivity contribution in [3.05, 3.63) is 29.8 Å². The summed E-state index contributed by atoms with van der Waals surface area (Å²) in [4.78, 5) is 7.04. The van der Waals surface area contributed by atoms with Crippen LogP contribution < -0.4 is 10.0 Å². The second-order valence-corrected chi connectivity index (χ2v) is 9.36. The molecule has 3 rings (SSSR count). The predicted octanol–water partition coefficient (Wildman–Crippen LogP) is 2.57. The van der Waals surface area contributed by atoms with Crippen molar-refractivity contribution < 1.29 is 13.2 Å². The first-order valence-electron chi connectivity index (χ1n) is 10.2. The van der Waals surface area contributed by atoms with E-state index in [1.165, 1.54) is 12.8 Å². The lowest BCUT2D eigenvalue weighted by Gasteiger charge is -2.22. The summed E-state index contributed by atoms with van der Waals surface area (Å²) in [5.41, 5.74) is 0.971. The van der Waals surface area contributed by atoms with Crippen LogP contribution in [-0.4, -0.2) is 58.7 Å². The molecule has 2 aliphatic carbocycles. The fourth-order valence-corrected chi connectivity index (χ4v) is 4.05.